The van der Waals surface area contributed by atoms with E-state index in [1.54, 1.807) is 0 Å². The summed E-state index contributed by atoms with van der Waals surface area (Å²) < 4.78 is 0. The van der Waals surface area contributed by atoms with E-state index >= 15 is 0 Å². The maximum Gasteiger partial charge on any atom is 0.0497 e. The monoisotopic (exact) mass is 224 g/mol. The molecule has 0 atom stereocenters. The van der Waals surface area contributed by atoms with Gasteiger partial charge < -0.3 is 10.7 Å². The van der Waals surface area contributed by atoms with Gasteiger partial charge in [-0.15, -0.1) is 0 Å². The maximum atomic E-state index is 5.59. The molecule has 3 rings (SSSR count). The Morgan fingerprint density at radius 1 is 0.941 bits per heavy atom. The molecule has 0 amide bonds. The van der Waals surface area contributed by atoms with Crippen LogP contribution in [0.25, 0.3) is 21.8 Å². The Bertz CT molecular complexity index is 652. The van der Waals surface area contributed by atoms with E-state index < -0.39 is 0 Å². The second-order valence-corrected chi connectivity index (χ2v) is 4.40. The molecule has 3 aromatic rings. The summed E-state index contributed by atoms with van der Waals surface area (Å²) in [6, 6.07) is 14.9. The average molecular weight is 224 g/mol. The van der Waals surface area contributed by atoms with Gasteiger partial charge in [0.1, 0.15) is 0 Å². The second-order valence-electron chi connectivity index (χ2n) is 4.40. The summed E-state index contributed by atoms with van der Waals surface area (Å²) in [7, 11) is 0. The highest BCUT2D eigenvalue weighted by atomic mass is 14.7. The van der Waals surface area contributed by atoms with E-state index in [0.717, 1.165) is 19.4 Å². The van der Waals surface area contributed by atoms with Crippen LogP contribution in [0.5, 0.6) is 0 Å². The van der Waals surface area contributed by atoms with Crippen LogP contribution in [0.2, 0.25) is 0 Å². The highest BCUT2D eigenvalue weighted by Crippen LogP contribution is 2.27. The number of H-pyrrole nitrogens is 1. The summed E-state index contributed by atoms with van der Waals surface area (Å²) in [5, 5.41) is 2.62. The summed E-state index contributed by atoms with van der Waals surface area (Å²) >= 11 is 0. The van der Waals surface area contributed by atoms with E-state index in [-0.39, 0.29) is 0 Å². The fourth-order valence-corrected chi connectivity index (χ4v) is 2.43. The van der Waals surface area contributed by atoms with Crippen LogP contribution in [0.3, 0.4) is 0 Å². The van der Waals surface area contributed by atoms with Crippen molar-refractivity contribution in [1.29, 1.82) is 0 Å². The molecular weight excluding hydrogens is 208 g/mol. The third-order valence-corrected chi connectivity index (χ3v) is 3.28. The lowest BCUT2D eigenvalue weighted by atomic mass is 10.1. The SMILES string of the molecule is NCCCc1cccc2c1[nH]c1ccccc12. The van der Waals surface area contributed by atoms with Crippen molar-refractivity contribution in [1.82, 2.24) is 4.98 Å². The standard InChI is InChI=1S/C15H16N2/c16-10-4-6-11-5-3-8-13-12-7-1-2-9-14(12)17-15(11)13/h1-3,5,7-9,17H,4,6,10,16H2. The maximum absolute atomic E-state index is 5.59. The van der Waals surface area contributed by atoms with Crippen molar-refractivity contribution in [3.63, 3.8) is 0 Å². The smallest absolute Gasteiger partial charge is 0.0497 e. The van der Waals surface area contributed by atoms with Crippen molar-refractivity contribution in [3.8, 4) is 0 Å². The molecule has 2 heteroatoms. The van der Waals surface area contributed by atoms with Gasteiger partial charge in [-0.2, -0.15) is 0 Å². The van der Waals surface area contributed by atoms with Crippen LogP contribution in [-0.4, -0.2) is 11.5 Å². The van der Waals surface area contributed by atoms with Crippen molar-refractivity contribution in [2.75, 3.05) is 6.54 Å². The summed E-state index contributed by atoms with van der Waals surface area (Å²) in [4.78, 5) is 3.51. The Morgan fingerprint density at radius 2 is 1.76 bits per heavy atom. The minimum absolute atomic E-state index is 0.747. The molecular formula is C15H16N2. The van der Waals surface area contributed by atoms with E-state index in [9.17, 15) is 0 Å². The number of hydrogen-bond acceptors (Lipinski definition) is 1. The molecule has 0 aliphatic rings. The van der Waals surface area contributed by atoms with Crippen LogP contribution in [-0.2, 0) is 6.42 Å². The van der Waals surface area contributed by atoms with Crippen LogP contribution in [0.15, 0.2) is 42.5 Å². The Hall–Kier alpha value is -1.80. The van der Waals surface area contributed by atoms with Crippen LogP contribution < -0.4 is 5.73 Å². The van der Waals surface area contributed by atoms with E-state index in [1.165, 1.54) is 27.4 Å². The molecule has 0 saturated heterocycles. The van der Waals surface area contributed by atoms with E-state index in [1.807, 2.05) is 0 Å². The molecule has 2 nitrogen and oxygen atoms in total. The fourth-order valence-electron chi connectivity index (χ4n) is 2.43. The Kier molecular flexibility index (Phi) is 2.57. The number of nitrogens with two attached hydrogens (primary N) is 1. The van der Waals surface area contributed by atoms with Crippen molar-refractivity contribution < 1.29 is 0 Å². The molecule has 1 heterocycles. The lowest BCUT2D eigenvalue weighted by molar-refractivity contribution is 0.836. The quantitative estimate of drug-likeness (QED) is 0.704. The van der Waals surface area contributed by atoms with Crippen molar-refractivity contribution in [2.24, 2.45) is 5.73 Å². The van der Waals surface area contributed by atoms with Gasteiger partial charge in [0.15, 0.2) is 0 Å². The predicted octanol–water partition coefficient (Wildman–Crippen LogP) is 3.21. The van der Waals surface area contributed by atoms with E-state index in [2.05, 4.69) is 47.4 Å². The summed E-state index contributed by atoms with van der Waals surface area (Å²) in [5.41, 5.74) is 9.43. The molecule has 0 fully saturated rings. The van der Waals surface area contributed by atoms with E-state index in [0.29, 0.717) is 0 Å². The first-order valence-electron chi connectivity index (χ1n) is 6.08. The minimum Gasteiger partial charge on any atom is -0.354 e. The van der Waals surface area contributed by atoms with Gasteiger partial charge in [0.25, 0.3) is 0 Å². The number of hydrogen-bond donors (Lipinski definition) is 2. The number of aromatic amines is 1. The van der Waals surface area contributed by atoms with Gasteiger partial charge >= 0.3 is 0 Å². The topological polar surface area (TPSA) is 41.8 Å². The van der Waals surface area contributed by atoms with Gasteiger partial charge in [0, 0.05) is 21.8 Å². The molecule has 0 unspecified atom stereocenters. The third-order valence-electron chi connectivity index (χ3n) is 3.28. The number of benzene rings is 2. The zero-order valence-corrected chi connectivity index (χ0v) is 9.74. The van der Waals surface area contributed by atoms with Gasteiger partial charge in [-0.3, -0.25) is 0 Å². The Balaban J connectivity index is 2.24. The van der Waals surface area contributed by atoms with Crippen LogP contribution in [0.1, 0.15) is 12.0 Å². The zero-order chi connectivity index (χ0) is 11.7. The number of nitrogens with one attached hydrogen (secondary N) is 1. The molecule has 3 N–H and O–H groups in total. The molecule has 1 aromatic heterocycles. The minimum atomic E-state index is 0.747. The Morgan fingerprint density at radius 3 is 2.65 bits per heavy atom. The van der Waals surface area contributed by atoms with Gasteiger partial charge in [-0.25, -0.2) is 0 Å². The molecule has 0 radical (unpaired) electrons. The van der Waals surface area contributed by atoms with Crippen LogP contribution in [0, 0.1) is 0 Å². The fraction of sp³-hybridized carbons (Fsp3) is 0.200. The van der Waals surface area contributed by atoms with Crippen LogP contribution >= 0.6 is 0 Å². The zero-order valence-electron chi connectivity index (χ0n) is 9.74. The Labute approximate surface area is 100 Å². The molecule has 0 spiro atoms. The second kappa shape index (κ2) is 4.22. The predicted molar refractivity (Wildman–Crippen MR) is 73.2 cm³/mol. The number of fused-ring (bicyclic) bond motifs is 3. The highest BCUT2D eigenvalue weighted by molar-refractivity contribution is 6.08. The number of para-hydroxylation sites is 2. The summed E-state index contributed by atoms with van der Waals surface area (Å²) in [6.45, 7) is 0.747. The highest BCUT2D eigenvalue weighted by Gasteiger charge is 2.06. The average Bonchev–Trinajstić information content (AvgIpc) is 2.75. The first-order chi connectivity index (χ1) is 8.40. The summed E-state index contributed by atoms with van der Waals surface area (Å²) in [5.74, 6) is 0. The molecule has 86 valence electrons. The molecule has 0 bridgehead atoms. The number of aromatic nitrogens is 1. The van der Waals surface area contributed by atoms with E-state index in [4.69, 9.17) is 5.73 Å². The first-order valence-corrected chi connectivity index (χ1v) is 6.08. The van der Waals surface area contributed by atoms with Crippen molar-refractivity contribution in [3.05, 3.63) is 48.0 Å². The van der Waals surface area contributed by atoms with Gasteiger partial charge in [-0.05, 0) is 31.0 Å². The first kappa shape index (κ1) is 10.4. The molecule has 0 aliphatic carbocycles. The molecule has 17 heavy (non-hydrogen) atoms. The van der Waals surface area contributed by atoms with Gasteiger partial charge in [0.2, 0.25) is 0 Å². The lowest BCUT2D eigenvalue weighted by Gasteiger charge is -2.01. The number of rotatable bonds is 3. The molecule has 0 saturated carbocycles. The van der Waals surface area contributed by atoms with Crippen molar-refractivity contribution >= 4 is 21.8 Å². The third kappa shape index (κ3) is 1.71. The largest absolute Gasteiger partial charge is 0.354 e. The lowest BCUT2D eigenvalue weighted by Crippen LogP contribution is -2.00. The van der Waals surface area contributed by atoms with Gasteiger partial charge in [-0.1, -0.05) is 36.4 Å². The summed E-state index contributed by atoms with van der Waals surface area (Å²) in [6.07, 6.45) is 2.08. The number of aryl methyl sites for hydroxylation is 1. The molecule has 2 aromatic carbocycles. The normalized spacial score (nSPS) is 11.4. The van der Waals surface area contributed by atoms with Crippen molar-refractivity contribution in [2.45, 2.75) is 12.8 Å². The van der Waals surface area contributed by atoms with Crippen LogP contribution in [0.4, 0.5) is 0 Å². The molecule has 0 aliphatic heterocycles. The van der Waals surface area contributed by atoms with Gasteiger partial charge in [0.05, 0.1) is 0 Å².